The molecule has 0 aliphatic heterocycles. The van der Waals surface area contributed by atoms with E-state index < -0.39 is 0 Å². The molecular formula is C16H26BrN3O. The fourth-order valence-electron chi connectivity index (χ4n) is 1.99. The highest BCUT2D eigenvalue weighted by Crippen LogP contribution is 2.23. The number of anilines is 1. The highest BCUT2D eigenvalue weighted by atomic mass is 79.9. The van der Waals surface area contributed by atoms with Crippen LogP contribution >= 0.6 is 15.9 Å². The van der Waals surface area contributed by atoms with Gasteiger partial charge in [-0.25, -0.2) is 0 Å². The van der Waals surface area contributed by atoms with Crippen molar-refractivity contribution in [2.24, 2.45) is 0 Å². The molecule has 0 saturated heterocycles. The number of rotatable bonds is 8. The number of nitrogens with one attached hydrogen (secondary N) is 2. The van der Waals surface area contributed by atoms with E-state index >= 15 is 0 Å². The summed E-state index contributed by atoms with van der Waals surface area (Å²) in [6, 6.07) is 6.38. The van der Waals surface area contributed by atoms with E-state index in [1.165, 1.54) is 5.56 Å². The summed E-state index contributed by atoms with van der Waals surface area (Å²) in [5.74, 6) is 0.0392. The molecule has 5 heteroatoms. The Hall–Kier alpha value is -1.07. The number of carbonyl (C=O) groups is 1. The van der Waals surface area contributed by atoms with Crippen molar-refractivity contribution in [3.8, 4) is 0 Å². The molecule has 1 aromatic rings. The van der Waals surface area contributed by atoms with E-state index in [0.717, 1.165) is 29.7 Å². The summed E-state index contributed by atoms with van der Waals surface area (Å²) >= 11 is 3.61. The summed E-state index contributed by atoms with van der Waals surface area (Å²) in [4.78, 5) is 13.7. The predicted octanol–water partition coefficient (Wildman–Crippen LogP) is 2.91. The van der Waals surface area contributed by atoms with Gasteiger partial charge >= 0.3 is 0 Å². The second-order valence-corrected chi connectivity index (χ2v) is 6.39. The van der Waals surface area contributed by atoms with Gasteiger partial charge in [0.1, 0.15) is 0 Å². The Morgan fingerprint density at radius 2 is 2.10 bits per heavy atom. The van der Waals surface area contributed by atoms with Crippen LogP contribution in [0.15, 0.2) is 22.7 Å². The highest BCUT2D eigenvalue weighted by molar-refractivity contribution is 9.10. The van der Waals surface area contributed by atoms with Crippen molar-refractivity contribution >= 4 is 27.5 Å². The molecule has 0 aliphatic carbocycles. The number of halogens is 1. The van der Waals surface area contributed by atoms with E-state index in [2.05, 4.69) is 51.7 Å². The molecule has 0 radical (unpaired) electrons. The van der Waals surface area contributed by atoms with Crippen LogP contribution in [0.2, 0.25) is 0 Å². The molecule has 0 heterocycles. The average Bonchev–Trinajstić information content (AvgIpc) is 2.39. The van der Waals surface area contributed by atoms with Gasteiger partial charge in [0.2, 0.25) is 5.91 Å². The second kappa shape index (κ2) is 9.05. The van der Waals surface area contributed by atoms with Crippen LogP contribution in [-0.4, -0.2) is 32.1 Å². The first-order valence-electron chi connectivity index (χ1n) is 7.43. The summed E-state index contributed by atoms with van der Waals surface area (Å²) in [5, 5.41) is 6.29. The molecule has 0 atom stereocenters. The average molecular weight is 356 g/mol. The van der Waals surface area contributed by atoms with Crippen LogP contribution in [-0.2, 0) is 11.3 Å². The van der Waals surface area contributed by atoms with E-state index in [-0.39, 0.29) is 11.9 Å². The zero-order chi connectivity index (χ0) is 15.8. The summed E-state index contributed by atoms with van der Waals surface area (Å²) in [6.45, 7) is 8.31. The number of nitrogens with zero attached hydrogens (tertiary/aromatic N) is 1. The summed E-state index contributed by atoms with van der Waals surface area (Å²) in [5.41, 5.74) is 2.26. The van der Waals surface area contributed by atoms with Crippen molar-refractivity contribution in [1.82, 2.24) is 10.6 Å². The Morgan fingerprint density at radius 3 is 2.67 bits per heavy atom. The van der Waals surface area contributed by atoms with Gasteiger partial charge in [0.25, 0.3) is 0 Å². The van der Waals surface area contributed by atoms with Gasteiger partial charge in [-0.2, -0.15) is 0 Å². The van der Waals surface area contributed by atoms with Crippen LogP contribution in [0.5, 0.6) is 0 Å². The van der Waals surface area contributed by atoms with Gasteiger partial charge in [-0.1, -0.05) is 28.9 Å². The maximum Gasteiger partial charge on any atom is 0.239 e. The van der Waals surface area contributed by atoms with Crippen molar-refractivity contribution in [3.05, 3.63) is 28.2 Å². The first-order chi connectivity index (χ1) is 9.93. The second-order valence-electron chi connectivity index (χ2n) is 5.53. The molecule has 0 bridgehead atoms. The molecule has 4 nitrogen and oxygen atoms in total. The number of benzene rings is 1. The fourth-order valence-corrected chi connectivity index (χ4v) is 2.50. The minimum atomic E-state index is 0.0392. The number of hydrogen-bond acceptors (Lipinski definition) is 3. The van der Waals surface area contributed by atoms with E-state index in [0.29, 0.717) is 6.54 Å². The smallest absolute Gasteiger partial charge is 0.239 e. The fraction of sp³-hybridized carbons (Fsp3) is 0.562. The third kappa shape index (κ3) is 6.48. The molecule has 21 heavy (non-hydrogen) atoms. The van der Waals surface area contributed by atoms with Crippen molar-refractivity contribution < 1.29 is 4.79 Å². The SMILES string of the molecule is CCCNCc1ccc(N(C)CC(=O)NC(C)C)cc1Br. The number of hydrogen-bond donors (Lipinski definition) is 2. The third-order valence-corrected chi connectivity index (χ3v) is 3.79. The molecule has 1 aromatic carbocycles. The first-order valence-corrected chi connectivity index (χ1v) is 8.23. The summed E-state index contributed by atoms with van der Waals surface area (Å²) in [7, 11) is 1.93. The Bertz CT molecular complexity index is 463. The van der Waals surface area contributed by atoms with Crippen LogP contribution in [0, 0.1) is 0 Å². The quantitative estimate of drug-likeness (QED) is 0.704. The van der Waals surface area contributed by atoms with Gasteiger partial charge in [0.05, 0.1) is 6.54 Å². The van der Waals surface area contributed by atoms with E-state index in [4.69, 9.17) is 0 Å². The maximum atomic E-state index is 11.8. The molecule has 2 N–H and O–H groups in total. The van der Waals surface area contributed by atoms with Gasteiger partial charge in [0.15, 0.2) is 0 Å². The van der Waals surface area contributed by atoms with Crippen LogP contribution < -0.4 is 15.5 Å². The van der Waals surface area contributed by atoms with Crippen molar-refractivity contribution in [1.29, 1.82) is 0 Å². The molecule has 0 saturated carbocycles. The van der Waals surface area contributed by atoms with Crippen molar-refractivity contribution in [2.75, 3.05) is 25.0 Å². The number of amides is 1. The molecule has 0 fully saturated rings. The van der Waals surface area contributed by atoms with Gasteiger partial charge in [-0.05, 0) is 44.5 Å². The Morgan fingerprint density at radius 1 is 1.38 bits per heavy atom. The molecule has 0 aliphatic rings. The lowest BCUT2D eigenvalue weighted by atomic mass is 10.2. The first kappa shape index (κ1) is 18.0. The maximum absolute atomic E-state index is 11.8. The van der Waals surface area contributed by atoms with Gasteiger partial charge in [-0.15, -0.1) is 0 Å². The molecule has 1 amide bonds. The monoisotopic (exact) mass is 355 g/mol. The third-order valence-electron chi connectivity index (χ3n) is 3.05. The molecule has 118 valence electrons. The minimum Gasteiger partial charge on any atom is -0.365 e. The standard InChI is InChI=1S/C16H26BrN3O/c1-5-8-18-10-13-6-7-14(9-15(13)17)20(4)11-16(21)19-12(2)3/h6-7,9,12,18H,5,8,10-11H2,1-4H3,(H,19,21). The number of carbonyl (C=O) groups excluding carboxylic acids is 1. The van der Waals surface area contributed by atoms with Crippen molar-refractivity contribution in [2.45, 2.75) is 39.8 Å². The van der Waals surface area contributed by atoms with Gasteiger partial charge in [-0.3, -0.25) is 4.79 Å². The van der Waals surface area contributed by atoms with Crippen LogP contribution in [0.1, 0.15) is 32.8 Å². The van der Waals surface area contributed by atoms with Crippen LogP contribution in [0.4, 0.5) is 5.69 Å². The van der Waals surface area contributed by atoms with Gasteiger partial charge < -0.3 is 15.5 Å². The lowest BCUT2D eigenvalue weighted by molar-refractivity contribution is -0.120. The molecular weight excluding hydrogens is 330 g/mol. The van der Waals surface area contributed by atoms with E-state index in [1.807, 2.05) is 25.8 Å². The highest BCUT2D eigenvalue weighted by Gasteiger charge is 2.10. The summed E-state index contributed by atoms with van der Waals surface area (Å²) < 4.78 is 1.07. The van der Waals surface area contributed by atoms with Crippen LogP contribution in [0.25, 0.3) is 0 Å². The molecule has 0 aromatic heterocycles. The van der Waals surface area contributed by atoms with Crippen LogP contribution in [0.3, 0.4) is 0 Å². The molecule has 1 rings (SSSR count). The zero-order valence-electron chi connectivity index (χ0n) is 13.4. The lowest BCUT2D eigenvalue weighted by Gasteiger charge is -2.20. The Balaban J connectivity index is 2.63. The summed E-state index contributed by atoms with van der Waals surface area (Å²) in [6.07, 6.45) is 1.13. The van der Waals surface area contributed by atoms with Gasteiger partial charge in [0, 0.05) is 29.8 Å². The predicted molar refractivity (Wildman–Crippen MR) is 92.7 cm³/mol. The lowest BCUT2D eigenvalue weighted by Crippen LogP contribution is -2.38. The molecule has 0 unspecified atom stereocenters. The minimum absolute atomic E-state index is 0.0392. The number of likely N-dealkylation sites (N-methyl/N-ethyl adjacent to an activating group) is 1. The van der Waals surface area contributed by atoms with E-state index in [9.17, 15) is 4.79 Å². The molecule has 0 spiro atoms. The van der Waals surface area contributed by atoms with Crippen molar-refractivity contribution in [3.63, 3.8) is 0 Å². The Labute approximate surface area is 136 Å². The topological polar surface area (TPSA) is 44.4 Å². The Kier molecular flexibility index (Phi) is 7.75. The largest absolute Gasteiger partial charge is 0.365 e. The normalized spacial score (nSPS) is 10.8. The van der Waals surface area contributed by atoms with E-state index in [1.54, 1.807) is 0 Å². The zero-order valence-corrected chi connectivity index (χ0v) is 15.0.